The van der Waals surface area contributed by atoms with Crippen molar-refractivity contribution in [1.29, 1.82) is 0 Å². The molecular formula is C16H15Cl2N3O3S2. The molecule has 1 aliphatic heterocycles. The summed E-state index contributed by atoms with van der Waals surface area (Å²) in [5.74, 6) is 1.05. The van der Waals surface area contributed by atoms with Gasteiger partial charge in [0.15, 0.2) is 14.9 Å². The Labute approximate surface area is 166 Å². The molecule has 2 aromatic rings. The van der Waals surface area contributed by atoms with Crippen LogP contribution in [0.1, 0.15) is 12.2 Å². The lowest BCUT2D eigenvalue weighted by Gasteiger charge is -2.22. The minimum absolute atomic E-state index is 0.00742. The van der Waals surface area contributed by atoms with Gasteiger partial charge in [-0.2, -0.15) is 5.10 Å². The molecule has 0 amide bonds. The van der Waals surface area contributed by atoms with Gasteiger partial charge in [0.1, 0.15) is 11.5 Å². The van der Waals surface area contributed by atoms with Crippen LogP contribution < -0.4 is 5.73 Å². The molecule has 1 fully saturated rings. The summed E-state index contributed by atoms with van der Waals surface area (Å²) in [5.41, 5.74) is 6.35. The van der Waals surface area contributed by atoms with Crippen LogP contribution in [0.25, 0.3) is 11.3 Å². The third kappa shape index (κ3) is 4.37. The van der Waals surface area contributed by atoms with E-state index in [-0.39, 0.29) is 22.7 Å². The fraction of sp³-hybridized carbons (Fsp3) is 0.250. The maximum Gasteiger partial charge on any atom is 0.187 e. The first-order valence-electron chi connectivity index (χ1n) is 7.63. The van der Waals surface area contributed by atoms with E-state index in [0.717, 1.165) is 0 Å². The van der Waals surface area contributed by atoms with E-state index in [0.29, 0.717) is 33.6 Å². The zero-order valence-electron chi connectivity index (χ0n) is 13.4. The highest BCUT2D eigenvalue weighted by Crippen LogP contribution is 2.31. The van der Waals surface area contributed by atoms with Crippen LogP contribution in [0.4, 0.5) is 0 Å². The summed E-state index contributed by atoms with van der Waals surface area (Å²) in [7, 11) is -3.08. The monoisotopic (exact) mass is 431 g/mol. The number of nitrogens with two attached hydrogens (primary N) is 1. The minimum atomic E-state index is -3.08. The Hall–Kier alpha value is -1.61. The van der Waals surface area contributed by atoms with Crippen LogP contribution >= 0.6 is 35.4 Å². The van der Waals surface area contributed by atoms with Crippen LogP contribution in [-0.4, -0.2) is 42.3 Å². The van der Waals surface area contributed by atoms with Crippen molar-refractivity contribution in [3.63, 3.8) is 0 Å². The second kappa shape index (κ2) is 7.56. The maximum atomic E-state index is 11.7. The number of benzene rings is 1. The first-order valence-corrected chi connectivity index (χ1v) is 10.6. The van der Waals surface area contributed by atoms with E-state index in [1.807, 2.05) is 0 Å². The fourth-order valence-electron chi connectivity index (χ4n) is 2.67. The molecule has 138 valence electrons. The Kier molecular flexibility index (Phi) is 5.57. The van der Waals surface area contributed by atoms with Crippen molar-refractivity contribution in [2.24, 2.45) is 10.8 Å². The predicted molar refractivity (Wildman–Crippen MR) is 107 cm³/mol. The maximum absolute atomic E-state index is 11.7. The predicted octanol–water partition coefficient (Wildman–Crippen LogP) is 3.32. The van der Waals surface area contributed by atoms with E-state index in [1.54, 1.807) is 30.3 Å². The Morgan fingerprint density at radius 1 is 1.35 bits per heavy atom. The van der Waals surface area contributed by atoms with Crippen molar-refractivity contribution in [3.8, 4) is 11.3 Å². The van der Waals surface area contributed by atoms with Crippen LogP contribution in [0.3, 0.4) is 0 Å². The topological polar surface area (TPSA) is 88.9 Å². The van der Waals surface area contributed by atoms with Crippen molar-refractivity contribution in [3.05, 3.63) is 46.1 Å². The van der Waals surface area contributed by atoms with Crippen LogP contribution in [0.2, 0.25) is 10.0 Å². The van der Waals surface area contributed by atoms with Gasteiger partial charge in [-0.1, -0.05) is 23.2 Å². The first-order chi connectivity index (χ1) is 12.2. The van der Waals surface area contributed by atoms with Gasteiger partial charge in [0, 0.05) is 10.6 Å². The van der Waals surface area contributed by atoms with E-state index in [1.165, 1.54) is 11.2 Å². The Morgan fingerprint density at radius 3 is 2.77 bits per heavy atom. The molecule has 1 saturated heterocycles. The summed E-state index contributed by atoms with van der Waals surface area (Å²) in [5, 5.41) is 6.61. The third-order valence-corrected chi connectivity index (χ3v) is 6.41. The van der Waals surface area contributed by atoms with E-state index < -0.39 is 9.84 Å². The number of halogens is 2. The molecule has 0 saturated carbocycles. The molecule has 10 heteroatoms. The van der Waals surface area contributed by atoms with E-state index in [9.17, 15) is 8.42 Å². The first kappa shape index (κ1) is 19.2. The number of furan rings is 1. The van der Waals surface area contributed by atoms with Gasteiger partial charge < -0.3 is 10.2 Å². The van der Waals surface area contributed by atoms with Crippen LogP contribution in [0.15, 0.2) is 39.9 Å². The van der Waals surface area contributed by atoms with Crippen molar-refractivity contribution in [2.45, 2.75) is 12.5 Å². The minimum Gasteiger partial charge on any atom is -0.455 e. The van der Waals surface area contributed by atoms with Gasteiger partial charge in [0.25, 0.3) is 0 Å². The zero-order valence-corrected chi connectivity index (χ0v) is 16.6. The highest BCUT2D eigenvalue weighted by atomic mass is 35.5. The third-order valence-electron chi connectivity index (χ3n) is 3.91. The lowest BCUT2D eigenvalue weighted by molar-refractivity contribution is 0.354. The zero-order chi connectivity index (χ0) is 18.9. The lowest BCUT2D eigenvalue weighted by atomic mass is 10.2. The van der Waals surface area contributed by atoms with Crippen molar-refractivity contribution in [1.82, 2.24) is 5.01 Å². The Balaban J connectivity index is 1.81. The summed E-state index contributed by atoms with van der Waals surface area (Å²) in [4.78, 5) is 0. The molecule has 1 atom stereocenters. The molecule has 1 unspecified atom stereocenters. The van der Waals surface area contributed by atoms with E-state index in [2.05, 4.69) is 5.10 Å². The standard InChI is InChI=1S/C16H15Cl2N3O3S2/c17-10-1-3-14(18)13(7-10)15-4-2-12(24-15)8-20-21(16(19)25)11-5-6-26(22,23)9-11/h1-4,7-8,11H,5-6,9H2,(H2,19,25). The number of hydrazone groups is 1. The summed E-state index contributed by atoms with van der Waals surface area (Å²) in [6.45, 7) is 0. The molecule has 1 aromatic carbocycles. The summed E-state index contributed by atoms with van der Waals surface area (Å²) < 4.78 is 29.0. The average molecular weight is 432 g/mol. The highest BCUT2D eigenvalue weighted by molar-refractivity contribution is 7.91. The van der Waals surface area contributed by atoms with Crippen LogP contribution in [-0.2, 0) is 9.84 Å². The average Bonchev–Trinajstić information content (AvgIpc) is 3.16. The SMILES string of the molecule is NC(=S)N(N=Cc1ccc(-c2cc(Cl)ccc2Cl)o1)C1CCS(=O)(=O)C1. The van der Waals surface area contributed by atoms with Crippen LogP contribution in [0, 0.1) is 0 Å². The lowest BCUT2D eigenvalue weighted by Crippen LogP contribution is -2.40. The van der Waals surface area contributed by atoms with Gasteiger partial charge in [-0.05, 0) is 49.0 Å². The number of hydrogen-bond donors (Lipinski definition) is 1. The number of thiocarbonyl (C=S) groups is 1. The van der Waals surface area contributed by atoms with Gasteiger partial charge >= 0.3 is 0 Å². The molecule has 2 N–H and O–H groups in total. The number of nitrogens with zero attached hydrogens (tertiary/aromatic N) is 2. The fourth-order valence-corrected chi connectivity index (χ4v) is 4.94. The second-order valence-electron chi connectivity index (χ2n) is 5.81. The van der Waals surface area contributed by atoms with Crippen molar-refractivity contribution in [2.75, 3.05) is 11.5 Å². The molecule has 1 aliphatic rings. The van der Waals surface area contributed by atoms with Gasteiger partial charge in [0.05, 0.1) is 28.8 Å². The molecule has 0 radical (unpaired) electrons. The van der Waals surface area contributed by atoms with E-state index in [4.69, 9.17) is 45.6 Å². The number of hydrogen-bond acceptors (Lipinski definition) is 5. The quantitative estimate of drug-likeness (QED) is 0.453. The summed E-state index contributed by atoms with van der Waals surface area (Å²) in [6, 6.07) is 8.15. The number of sulfone groups is 1. The molecule has 0 aliphatic carbocycles. The van der Waals surface area contributed by atoms with Gasteiger partial charge in [-0.25, -0.2) is 13.4 Å². The normalized spacial score (nSPS) is 19.1. The summed E-state index contributed by atoms with van der Waals surface area (Å²) >= 11 is 17.2. The largest absolute Gasteiger partial charge is 0.455 e. The van der Waals surface area contributed by atoms with Crippen LogP contribution in [0.5, 0.6) is 0 Å². The highest BCUT2D eigenvalue weighted by Gasteiger charge is 2.33. The Bertz CT molecular complexity index is 973. The molecular weight excluding hydrogens is 417 g/mol. The molecule has 26 heavy (non-hydrogen) atoms. The van der Waals surface area contributed by atoms with Gasteiger partial charge in [-0.3, -0.25) is 0 Å². The molecule has 0 bridgehead atoms. The number of rotatable bonds is 4. The van der Waals surface area contributed by atoms with Crippen molar-refractivity contribution < 1.29 is 12.8 Å². The Morgan fingerprint density at radius 2 is 2.12 bits per heavy atom. The molecule has 3 rings (SSSR count). The summed E-state index contributed by atoms with van der Waals surface area (Å²) in [6.07, 6.45) is 1.87. The molecule has 6 nitrogen and oxygen atoms in total. The smallest absolute Gasteiger partial charge is 0.187 e. The molecule has 2 heterocycles. The van der Waals surface area contributed by atoms with Gasteiger partial charge in [-0.15, -0.1) is 0 Å². The van der Waals surface area contributed by atoms with Crippen molar-refractivity contribution >= 4 is 56.6 Å². The molecule has 1 aromatic heterocycles. The van der Waals surface area contributed by atoms with Gasteiger partial charge in [0.2, 0.25) is 0 Å². The molecule has 0 spiro atoms. The van der Waals surface area contributed by atoms with E-state index >= 15 is 0 Å². The second-order valence-corrected chi connectivity index (χ2v) is 9.30.